The first-order valence-corrected chi connectivity index (χ1v) is 7.43. The number of ether oxygens (including phenoxy) is 1. The molecule has 0 fully saturated rings. The highest BCUT2D eigenvalue weighted by atomic mass is 16.5. The molecular formula is C16H18N4O2. The van der Waals surface area contributed by atoms with Crippen LogP contribution in [-0.4, -0.2) is 32.6 Å². The summed E-state index contributed by atoms with van der Waals surface area (Å²) >= 11 is 0. The third-order valence-corrected chi connectivity index (χ3v) is 3.84. The summed E-state index contributed by atoms with van der Waals surface area (Å²) in [5, 5.41) is 22.7. The zero-order chi connectivity index (χ0) is 15.4. The number of hydrogen-bond acceptors (Lipinski definition) is 5. The second-order valence-electron chi connectivity index (χ2n) is 5.47. The Morgan fingerprint density at radius 1 is 1.45 bits per heavy atom. The van der Waals surface area contributed by atoms with Crippen LogP contribution in [0.2, 0.25) is 0 Å². The van der Waals surface area contributed by atoms with Gasteiger partial charge in [-0.2, -0.15) is 5.26 Å². The molecule has 22 heavy (non-hydrogen) atoms. The molecule has 2 atom stereocenters. The van der Waals surface area contributed by atoms with E-state index >= 15 is 0 Å². The first kappa shape index (κ1) is 14.7. The van der Waals surface area contributed by atoms with Crippen LogP contribution in [0.15, 0.2) is 30.6 Å². The molecule has 1 aliphatic rings. The van der Waals surface area contributed by atoms with Crippen molar-refractivity contribution in [2.75, 3.05) is 6.61 Å². The predicted molar refractivity (Wildman–Crippen MR) is 78.8 cm³/mol. The van der Waals surface area contributed by atoms with Crippen LogP contribution in [0.5, 0.6) is 0 Å². The zero-order valence-corrected chi connectivity index (χ0v) is 12.2. The first-order chi connectivity index (χ1) is 10.8. The molecule has 2 aromatic rings. The average Bonchev–Trinajstić information content (AvgIpc) is 3.00. The molecule has 3 rings (SSSR count). The van der Waals surface area contributed by atoms with Crippen LogP contribution in [0.4, 0.5) is 0 Å². The van der Waals surface area contributed by atoms with Crippen LogP contribution < -0.4 is 0 Å². The fraction of sp³-hybridized carbons (Fsp3) is 0.438. The molecule has 0 bridgehead atoms. The topological polar surface area (TPSA) is 84.0 Å². The summed E-state index contributed by atoms with van der Waals surface area (Å²) in [6.07, 6.45) is 3.98. The maximum Gasteiger partial charge on any atom is 0.252 e. The van der Waals surface area contributed by atoms with Crippen molar-refractivity contribution in [2.45, 2.75) is 38.0 Å². The second kappa shape index (κ2) is 6.69. The number of nitriles is 1. The molecule has 0 saturated carbocycles. The normalized spacial score (nSPS) is 18.5. The lowest BCUT2D eigenvalue weighted by atomic mass is 9.89. The van der Waals surface area contributed by atoms with Gasteiger partial charge in [0, 0.05) is 0 Å². The van der Waals surface area contributed by atoms with E-state index in [1.807, 2.05) is 18.2 Å². The standard InChI is InChI=1S/C16H18N4O2/c17-8-16-18-11-20(19-16)9-13(21)10-22-15-7-3-5-12-4-1-2-6-14(12)15/h1-2,4,6,11,13,15,21H,3,5,7,9-10H2/t13-,15-/m1/s1. The Hall–Kier alpha value is -2.23. The van der Waals surface area contributed by atoms with E-state index in [1.165, 1.54) is 22.1 Å². The lowest BCUT2D eigenvalue weighted by molar-refractivity contribution is -0.0236. The van der Waals surface area contributed by atoms with Crippen molar-refractivity contribution in [3.05, 3.63) is 47.5 Å². The number of hydrogen-bond donors (Lipinski definition) is 1. The molecule has 1 aromatic heterocycles. The molecule has 1 heterocycles. The van der Waals surface area contributed by atoms with E-state index in [1.54, 1.807) is 0 Å². The van der Waals surface area contributed by atoms with Crippen LogP contribution in [0.3, 0.4) is 0 Å². The summed E-state index contributed by atoms with van der Waals surface area (Å²) in [6.45, 7) is 0.504. The smallest absolute Gasteiger partial charge is 0.252 e. The van der Waals surface area contributed by atoms with Crippen molar-refractivity contribution in [2.24, 2.45) is 0 Å². The van der Waals surface area contributed by atoms with Gasteiger partial charge in [-0.25, -0.2) is 9.67 Å². The fourth-order valence-corrected chi connectivity index (χ4v) is 2.81. The van der Waals surface area contributed by atoms with E-state index in [2.05, 4.69) is 22.2 Å². The molecule has 0 radical (unpaired) electrons. The van der Waals surface area contributed by atoms with Gasteiger partial charge in [-0.05, 0) is 30.4 Å². The van der Waals surface area contributed by atoms with Gasteiger partial charge in [0.1, 0.15) is 12.4 Å². The monoisotopic (exact) mass is 298 g/mol. The van der Waals surface area contributed by atoms with Crippen molar-refractivity contribution >= 4 is 0 Å². The summed E-state index contributed by atoms with van der Waals surface area (Å²) in [6, 6.07) is 10.2. The summed E-state index contributed by atoms with van der Waals surface area (Å²) in [5.74, 6) is 0.106. The van der Waals surface area contributed by atoms with Crippen LogP contribution in [0.25, 0.3) is 0 Å². The van der Waals surface area contributed by atoms with Crippen molar-refractivity contribution < 1.29 is 9.84 Å². The minimum Gasteiger partial charge on any atom is -0.389 e. The number of aliphatic hydroxyl groups excluding tert-OH is 1. The van der Waals surface area contributed by atoms with E-state index in [0.717, 1.165) is 19.3 Å². The highest BCUT2D eigenvalue weighted by Crippen LogP contribution is 2.32. The quantitative estimate of drug-likeness (QED) is 0.906. The summed E-state index contributed by atoms with van der Waals surface area (Å²) < 4.78 is 7.36. The third kappa shape index (κ3) is 3.32. The molecule has 0 aliphatic heterocycles. The van der Waals surface area contributed by atoms with Gasteiger partial charge in [0.2, 0.25) is 0 Å². The molecule has 0 unspecified atom stereocenters. The molecule has 6 nitrogen and oxygen atoms in total. The average molecular weight is 298 g/mol. The number of benzene rings is 1. The molecule has 114 valence electrons. The Labute approximate surface area is 129 Å². The lowest BCUT2D eigenvalue weighted by Crippen LogP contribution is -2.24. The van der Waals surface area contributed by atoms with Gasteiger partial charge in [0.05, 0.1) is 25.4 Å². The third-order valence-electron chi connectivity index (χ3n) is 3.84. The predicted octanol–water partition coefficient (Wildman–Crippen LogP) is 1.60. The van der Waals surface area contributed by atoms with Gasteiger partial charge in [-0.1, -0.05) is 24.3 Å². The zero-order valence-electron chi connectivity index (χ0n) is 12.2. The second-order valence-corrected chi connectivity index (χ2v) is 5.47. The van der Waals surface area contributed by atoms with Crippen molar-refractivity contribution in [1.29, 1.82) is 5.26 Å². The first-order valence-electron chi connectivity index (χ1n) is 7.43. The number of aliphatic hydroxyl groups is 1. The highest BCUT2D eigenvalue weighted by molar-refractivity contribution is 5.31. The Bertz CT molecular complexity index is 677. The Kier molecular flexibility index (Phi) is 4.47. The minimum absolute atomic E-state index is 0.0463. The van der Waals surface area contributed by atoms with Gasteiger partial charge in [-0.15, -0.1) is 5.10 Å². The molecule has 6 heteroatoms. The largest absolute Gasteiger partial charge is 0.389 e. The van der Waals surface area contributed by atoms with Crippen LogP contribution in [-0.2, 0) is 17.7 Å². The van der Waals surface area contributed by atoms with E-state index in [4.69, 9.17) is 10.00 Å². The van der Waals surface area contributed by atoms with Crippen LogP contribution in [0, 0.1) is 11.3 Å². The maximum absolute atomic E-state index is 10.1. The van der Waals surface area contributed by atoms with E-state index in [9.17, 15) is 5.11 Å². The SMILES string of the molecule is N#Cc1ncn(C[C@@H](O)CO[C@@H]2CCCc3ccccc32)n1. The Morgan fingerprint density at radius 3 is 3.14 bits per heavy atom. The summed E-state index contributed by atoms with van der Waals surface area (Å²) in [7, 11) is 0. The Morgan fingerprint density at radius 2 is 2.32 bits per heavy atom. The molecule has 1 aromatic carbocycles. The van der Waals surface area contributed by atoms with Gasteiger partial charge in [0.15, 0.2) is 0 Å². The summed E-state index contributed by atoms with van der Waals surface area (Å²) in [4.78, 5) is 3.81. The number of fused-ring (bicyclic) bond motifs is 1. The van der Waals surface area contributed by atoms with Crippen molar-refractivity contribution in [3.63, 3.8) is 0 Å². The molecule has 0 saturated heterocycles. The molecular weight excluding hydrogens is 280 g/mol. The van der Waals surface area contributed by atoms with E-state index in [0.29, 0.717) is 0 Å². The number of aryl methyl sites for hydroxylation is 1. The van der Waals surface area contributed by atoms with Crippen LogP contribution in [0.1, 0.15) is 35.9 Å². The van der Waals surface area contributed by atoms with Crippen LogP contribution >= 0.6 is 0 Å². The highest BCUT2D eigenvalue weighted by Gasteiger charge is 2.21. The minimum atomic E-state index is -0.678. The number of aromatic nitrogens is 3. The molecule has 0 spiro atoms. The molecule has 0 amide bonds. The number of nitrogens with zero attached hydrogens (tertiary/aromatic N) is 4. The van der Waals surface area contributed by atoms with Gasteiger partial charge >= 0.3 is 0 Å². The maximum atomic E-state index is 10.1. The molecule has 1 N–H and O–H groups in total. The lowest BCUT2D eigenvalue weighted by Gasteiger charge is -2.26. The van der Waals surface area contributed by atoms with E-state index in [-0.39, 0.29) is 25.1 Å². The van der Waals surface area contributed by atoms with Gasteiger partial charge < -0.3 is 9.84 Å². The number of rotatable bonds is 5. The van der Waals surface area contributed by atoms with Crippen molar-refractivity contribution in [3.8, 4) is 6.07 Å². The van der Waals surface area contributed by atoms with Gasteiger partial charge in [-0.3, -0.25) is 0 Å². The fourth-order valence-electron chi connectivity index (χ4n) is 2.81. The Balaban J connectivity index is 1.55. The summed E-state index contributed by atoms with van der Waals surface area (Å²) in [5.41, 5.74) is 2.57. The van der Waals surface area contributed by atoms with Crippen molar-refractivity contribution in [1.82, 2.24) is 14.8 Å². The molecule has 1 aliphatic carbocycles. The van der Waals surface area contributed by atoms with Gasteiger partial charge in [0.25, 0.3) is 5.82 Å². The van der Waals surface area contributed by atoms with E-state index < -0.39 is 6.10 Å².